The maximum atomic E-state index is 11.2. The van der Waals surface area contributed by atoms with E-state index in [9.17, 15) is 4.79 Å². The van der Waals surface area contributed by atoms with Gasteiger partial charge in [0, 0.05) is 55.6 Å². The molecule has 0 spiro atoms. The molecule has 6 nitrogen and oxygen atoms in total. The molecule has 0 unspecified atom stereocenters. The van der Waals surface area contributed by atoms with Crippen molar-refractivity contribution < 1.29 is 9.90 Å². The Bertz CT molecular complexity index is 1120. The van der Waals surface area contributed by atoms with Gasteiger partial charge in [-0.15, -0.1) is 0 Å². The molecule has 3 rings (SSSR count). The summed E-state index contributed by atoms with van der Waals surface area (Å²) in [6, 6.07) is 26.0. The number of hydrogen-bond donors (Lipinski definition) is 1. The van der Waals surface area contributed by atoms with Crippen LogP contribution < -0.4 is 14.7 Å². The van der Waals surface area contributed by atoms with E-state index < -0.39 is 5.97 Å². The molecule has 0 atom stereocenters. The fourth-order valence-electron chi connectivity index (χ4n) is 3.55. The monoisotopic (exact) mass is 454 g/mol. The van der Waals surface area contributed by atoms with Gasteiger partial charge in [-0.25, -0.2) is 4.79 Å². The van der Waals surface area contributed by atoms with Crippen LogP contribution in [0.4, 0.5) is 28.4 Å². The number of hydrogen-bond acceptors (Lipinski definition) is 5. The van der Waals surface area contributed by atoms with E-state index in [4.69, 9.17) is 10.4 Å². The van der Waals surface area contributed by atoms with Gasteiger partial charge in [-0.1, -0.05) is 12.1 Å². The topological polar surface area (TPSA) is 70.8 Å². The van der Waals surface area contributed by atoms with E-state index in [0.29, 0.717) is 5.56 Å². The lowest BCUT2D eigenvalue weighted by Gasteiger charge is -2.27. The van der Waals surface area contributed by atoms with Crippen LogP contribution in [0.25, 0.3) is 6.08 Å². The van der Waals surface area contributed by atoms with Crippen LogP contribution in [0.3, 0.4) is 0 Å². The number of benzene rings is 3. The van der Waals surface area contributed by atoms with Crippen molar-refractivity contribution in [1.82, 2.24) is 0 Å². The van der Waals surface area contributed by atoms with Gasteiger partial charge < -0.3 is 19.8 Å². The predicted octanol–water partition coefficient (Wildman–Crippen LogP) is 6.06. The smallest absolute Gasteiger partial charge is 0.346 e. The van der Waals surface area contributed by atoms with Crippen LogP contribution in [0.1, 0.15) is 19.4 Å². The molecule has 0 saturated heterocycles. The number of rotatable bonds is 9. The van der Waals surface area contributed by atoms with Crippen molar-refractivity contribution in [2.45, 2.75) is 13.8 Å². The molecule has 0 aliphatic heterocycles. The summed E-state index contributed by atoms with van der Waals surface area (Å²) in [7, 11) is 4.13. The molecule has 3 aromatic carbocycles. The standard InChI is InChI=1S/C28H30N4O2/c1-5-30(3)23-11-15-26(16-12-23)32(27-17-13-24(14-18-27)31(4)6-2)25-9-7-21(8-10-25)19-22(20-29)28(33)34/h7-19H,5-6H2,1-4H3,(H,33,34)/b22-19+. The molecule has 34 heavy (non-hydrogen) atoms. The Morgan fingerprint density at radius 3 is 1.44 bits per heavy atom. The first-order chi connectivity index (χ1) is 16.4. The molecule has 0 aliphatic carbocycles. The number of carbonyl (C=O) groups is 1. The maximum Gasteiger partial charge on any atom is 0.346 e. The minimum atomic E-state index is -1.23. The molecule has 0 fully saturated rings. The SMILES string of the molecule is CCN(C)c1ccc(N(c2ccc(/C=C(\C#N)C(=O)O)cc2)c2ccc(N(C)CC)cc2)cc1. The first kappa shape index (κ1) is 24.4. The van der Waals surface area contributed by atoms with E-state index in [2.05, 4.69) is 91.2 Å². The first-order valence-corrected chi connectivity index (χ1v) is 11.3. The zero-order chi connectivity index (χ0) is 24.7. The van der Waals surface area contributed by atoms with Crippen LogP contribution in [0.2, 0.25) is 0 Å². The lowest BCUT2D eigenvalue weighted by atomic mass is 10.1. The van der Waals surface area contributed by atoms with Gasteiger partial charge in [-0.2, -0.15) is 5.26 Å². The van der Waals surface area contributed by atoms with Gasteiger partial charge in [0.2, 0.25) is 0 Å². The molecule has 3 aromatic rings. The van der Waals surface area contributed by atoms with Crippen LogP contribution in [0.15, 0.2) is 78.4 Å². The third-order valence-corrected chi connectivity index (χ3v) is 5.86. The highest BCUT2D eigenvalue weighted by Crippen LogP contribution is 2.36. The van der Waals surface area contributed by atoms with E-state index in [0.717, 1.165) is 41.5 Å². The summed E-state index contributed by atoms with van der Waals surface area (Å²) >= 11 is 0. The fraction of sp³-hybridized carbons (Fsp3) is 0.214. The van der Waals surface area contributed by atoms with Gasteiger partial charge >= 0.3 is 5.97 Å². The maximum absolute atomic E-state index is 11.2. The van der Waals surface area contributed by atoms with Crippen molar-refractivity contribution in [3.63, 3.8) is 0 Å². The Labute approximate surface area is 201 Å². The van der Waals surface area contributed by atoms with Crippen LogP contribution in [0, 0.1) is 11.3 Å². The molecule has 0 heterocycles. The summed E-state index contributed by atoms with van der Waals surface area (Å²) in [6.45, 7) is 6.08. The van der Waals surface area contributed by atoms with E-state index in [1.54, 1.807) is 6.07 Å². The van der Waals surface area contributed by atoms with Gasteiger partial charge in [0.1, 0.15) is 11.6 Å². The molecule has 0 aliphatic rings. The number of carboxylic acid groups (broad SMARTS) is 1. The largest absolute Gasteiger partial charge is 0.477 e. The Balaban J connectivity index is 2.03. The summed E-state index contributed by atoms with van der Waals surface area (Å²) in [5.74, 6) is -1.23. The highest BCUT2D eigenvalue weighted by atomic mass is 16.4. The summed E-state index contributed by atoms with van der Waals surface area (Å²) in [6.07, 6.45) is 1.38. The second kappa shape index (κ2) is 11.1. The van der Waals surface area contributed by atoms with Crippen LogP contribution >= 0.6 is 0 Å². The Morgan fingerprint density at radius 1 is 0.765 bits per heavy atom. The molecular formula is C28H30N4O2. The summed E-state index contributed by atoms with van der Waals surface area (Å²) in [5.41, 5.74) is 5.60. The highest BCUT2D eigenvalue weighted by Gasteiger charge is 2.14. The van der Waals surface area contributed by atoms with Gasteiger partial charge in [-0.05, 0) is 86.2 Å². The average molecular weight is 455 g/mol. The summed E-state index contributed by atoms with van der Waals surface area (Å²) in [4.78, 5) is 17.7. The second-order valence-electron chi connectivity index (χ2n) is 7.96. The van der Waals surface area contributed by atoms with Crippen LogP contribution in [0.5, 0.6) is 0 Å². The third-order valence-electron chi connectivity index (χ3n) is 5.86. The van der Waals surface area contributed by atoms with Gasteiger partial charge in [0.15, 0.2) is 0 Å². The second-order valence-corrected chi connectivity index (χ2v) is 7.96. The molecule has 0 amide bonds. The van der Waals surface area contributed by atoms with Gasteiger partial charge in [0.05, 0.1) is 0 Å². The Morgan fingerprint density at radius 2 is 1.12 bits per heavy atom. The molecule has 6 heteroatoms. The van der Waals surface area contributed by atoms with Crippen molar-refractivity contribution in [2.24, 2.45) is 0 Å². The lowest BCUT2D eigenvalue weighted by molar-refractivity contribution is -0.132. The molecule has 174 valence electrons. The highest BCUT2D eigenvalue weighted by molar-refractivity contribution is 5.96. The van der Waals surface area contributed by atoms with E-state index in [-0.39, 0.29) is 5.57 Å². The van der Waals surface area contributed by atoms with Crippen molar-refractivity contribution in [3.05, 3.63) is 83.9 Å². The predicted molar refractivity (Wildman–Crippen MR) is 140 cm³/mol. The molecule has 0 saturated carbocycles. The molecule has 0 aromatic heterocycles. The summed E-state index contributed by atoms with van der Waals surface area (Å²) in [5, 5.41) is 18.2. The zero-order valence-electron chi connectivity index (χ0n) is 20.1. The van der Waals surface area contributed by atoms with Crippen LogP contribution in [-0.4, -0.2) is 38.3 Å². The third kappa shape index (κ3) is 5.57. The van der Waals surface area contributed by atoms with E-state index >= 15 is 0 Å². The van der Waals surface area contributed by atoms with Gasteiger partial charge in [-0.3, -0.25) is 0 Å². The van der Waals surface area contributed by atoms with Crippen LogP contribution in [-0.2, 0) is 4.79 Å². The van der Waals surface area contributed by atoms with Gasteiger partial charge in [0.25, 0.3) is 0 Å². The fourth-order valence-corrected chi connectivity index (χ4v) is 3.55. The lowest BCUT2D eigenvalue weighted by Crippen LogP contribution is -2.16. The van der Waals surface area contributed by atoms with E-state index in [1.807, 2.05) is 24.3 Å². The average Bonchev–Trinajstić information content (AvgIpc) is 2.88. The minimum Gasteiger partial charge on any atom is -0.477 e. The summed E-state index contributed by atoms with van der Waals surface area (Å²) < 4.78 is 0. The van der Waals surface area contributed by atoms with Crippen molar-refractivity contribution >= 4 is 40.5 Å². The quantitative estimate of drug-likeness (QED) is 0.313. The number of nitriles is 1. The molecule has 1 N–H and O–H groups in total. The molecule has 0 radical (unpaired) electrons. The molecule has 0 bridgehead atoms. The number of nitrogens with zero attached hydrogens (tertiary/aromatic N) is 4. The normalized spacial score (nSPS) is 11.0. The minimum absolute atomic E-state index is 0.295. The zero-order valence-corrected chi connectivity index (χ0v) is 20.1. The van der Waals surface area contributed by atoms with Crippen molar-refractivity contribution in [2.75, 3.05) is 41.9 Å². The number of aliphatic carboxylic acids is 1. The molecular weight excluding hydrogens is 424 g/mol. The van der Waals surface area contributed by atoms with Crippen molar-refractivity contribution in [3.8, 4) is 6.07 Å². The first-order valence-electron chi connectivity index (χ1n) is 11.3. The number of carboxylic acids is 1. The number of anilines is 5. The van der Waals surface area contributed by atoms with Crippen molar-refractivity contribution in [1.29, 1.82) is 5.26 Å². The Hall–Kier alpha value is -4.24. The Kier molecular flexibility index (Phi) is 7.94. The van der Waals surface area contributed by atoms with E-state index in [1.165, 1.54) is 6.08 Å².